The van der Waals surface area contributed by atoms with Gasteiger partial charge in [0.05, 0.1) is 22.2 Å². The maximum Gasteiger partial charge on any atom is 0.257 e. The van der Waals surface area contributed by atoms with Crippen molar-refractivity contribution in [1.29, 1.82) is 0 Å². The average molecular weight is 589 g/mol. The smallest absolute Gasteiger partial charge is 0.257 e. The molecule has 0 heterocycles. The standard InChI is InChI=1S/C25H16Cl5FN2O3/c1-11(34)12-2-5-20(19(31)8-12)33-23(35)17-10-16(3-4-18(17)28)32-24(36)22-21(25(22,29)30)13-6-14(26)9-15(27)7-13/h2-10,21-22H,1H3,(H,32,36)(H,33,35)/t21-,22+/m1/s1. The number of rotatable bonds is 6. The molecule has 1 saturated carbocycles. The number of carbonyl (C=O) groups excluding carboxylic acids is 3. The molecule has 3 aromatic carbocycles. The minimum Gasteiger partial charge on any atom is -0.326 e. The zero-order valence-electron chi connectivity index (χ0n) is 18.3. The first-order valence-electron chi connectivity index (χ1n) is 10.4. The number of ketones is 1. The molecular formula is C25H16Cl5FN2O3. The number of alkyl halides is 2. The molecule has 4 rings (SSSR count). The van der Waals surface area contributed by atoms with Crippen LogP contribution in [-0.2, 0) is 4.79 Å². The van der Waals surface area contributed by atoms with E-state index in [4.69, 9.17) is 58.0 Å². The van der Waals surface area contributed by atoms with Crippen molar-refractivity contribution in [3.8, 4) is 0 Å². The monoisotopic (exact) mass is 586 g/mol. The molecule has 2 atom stereocenters. The molecule has 0 aliphatic heterocycles. The van der Waals surface area contributed by atoms with Crippen LogP contribution in [0.3, 0.4) is 0 Å². The van der Waals surface area contributed by atoms with Gasteiger partial charge in [0.2, 0.25) is 5.91 Å². The van der Waals surface area contributed by atoms with E-state index in [1.54, 1.807) is 18.2 Å². The molecule has 1 aliphatic carbocycles. The summed E-state index contributed by atoms with van der Waals surface area (Å²) in [5.74, 6) is -3.65. The van der Waals surface area contributed by atoms with E-state index in [1.165, 1.54) is 37.3 Å². The first-order chi connectivity index (χ1) is 16.9. The Morgan fingerprint density at radius 3 is 2.17 bits per heavy atom. The minimum absolute atomic E-state index is 0.0125. The van der Waals surface area contributed by atoms with Crippen molar-refractivity contribution in [3.63, 3.8) is 0 Å². The Morgan fingerprint density at radius 1 is 0.889 bits per heavy atom. The van der Waals surface area contributed by atoms with Gasteiger partial charge in [-0.25, -0.2) is 4.39 Å². The lowest BCUT2D eigenvalue weighted by Gasteiger charge is -2.11. The largest absolute Gasteiger partial charge is 0.326 e. The van der Waals surface area contributed by atoms with Crippen molar-refractivity contribution in [2.45, 2.75) is 17.2 Å². The number of nitrogens with one attached hydrogen (secondary N) is 2. The van der Waals surface area contributed by atoms with Gasteiger partial charge in [0.25, 0.3) is 5.91 Å². The molecule has 1 aliphatic rings. The number of benzene rings is 3. The molecule has 0 unspecified atom stereocenters. The van der Waals surface area contributed by atoms with Crippen LogP contribution in [0.5, 0.6) is 0 Å². The topological polar surface area (TPSA) is 75.3 Å². The Labute approximate surface area is 230 Å². The van der Waals surface area contributed by atoms with Gasteiger partial charge >= 0.3 is 0 Å². The second-order valence-electron chi connectivity index (χ2n) is 8.22. The van der Waals surface area contributed by atoms with Crippen LogP contribution in [0.15, 0.2) is 54.6 Å². The van der Waals surface area contributed by atoms with Crippen LogP contribution in [0.2, 0.25) is 15.1 Å². The van der Waals surface area contributed by atoms with Crippen molar-refractivity contribution < 1.29 is 18.8 Å². The number of hydrogen-bond acceptors (Lipinski definition) is 3. The highest BCUT2D eigenvalue weighted by molar-refractivity contribution is 6.53. The van der Waals surface area contributed by atoms with Gasteiger partial charge in [-0.3, -0.25) is 14.4 Å². The van der Waals surface area contributed by atoms with E-state index in [0.29, 0.717) is 15.6 Å². The van der Waals surface area contributed by atoms with E-state index in [2.05, 4.69) is 10.6 Å². The first-order valence-corrected chi connectivity index (χ1v) is 12.3. The fraction of sp³-hybridized carbons (Fsp3) is 0.160. The van der Waals surface area contributed by atoms with E-state index in [1.807, 2.05) is 0 Å². The molecule has 11 heteroatoms. The summed E-state index contributed by atoms with van der Waals surface area (Å²) in [6, 6.07) is 12.8. The minimum atomic E-state index is -1.38. The van der Waals surface area contributed by atoms with Crippen LogP contribution in [0.1, 0.15) is 39.1 Å². The summed E-state index contributed by atoms with van der Waals surface area (Å²) in [5, 5.41) is 5.94. The van der Waals surface area contributed by atoms with Gasteiger partial charge in [-0.2, -0.15) is 0 Å². The summed E-state index contributed by atoms with van der Waals surface area (Å²) in [5.41, 5.74) is 0.890. The summed E-state index contributed by atoms with van der Waals surface area (Å²) >= 11 is 31.1. The Morgan fingerprint density at radius 2 is 1.56 bits per heavy atom. The fourth-order valence-corrected chi connectivity index (χ4v) is 5.42. The number of hydrogen-bond donors (Lipinski definition) is 2. The van der Waals surface area contributed by atoms with Crippen LogP contribution < -0.4 is 10.6 Å². The molecule has 2 amide bonds. The molecule has 0 bridgehead atoms. The van der Waals surface area contributed by atoms with E-state index in [0.717, 1.165) is 6.07 Å². The van der Waals surface area contributed by atoms with Crippen molar-refractivity contribution in [2.75, 3.05) is 10.6 Å². The van der Waals surface area contributed by atoms with Gasteiger partial charge in [0.1, 0.15) is 10.2 Å². The molecule has 186 valence electrons. The van der Waals surface area contributed by atoms with Gasteiger partial charge < -0.3 is 10.6 Å². The Balaban J connectivity index is 1.51. The van der Waals surface area contributed by atoms with Crippen LogP contribution in [0, 0.1) is 11.7 Å². The second-order valence-corrected chi connectivity index (χ2v) is 10.9. The molecular weight excluding hydrogens is 573 g/mol. The lowest BCUT2D eigenvalue weighted by atomic mass is 10.1. The summed E-state index contributed by atoms with van der Waals surface area (Å²) in [7, 11) is 0. The first kappa shape index (κ1) is 26.7. The van der Waals surface area contributed by atoms with Crippen LogP contribution in [-0.4, -0.2) is 21.9 Å². The highest BCUT2D eigenvalue weighted by Crippen LogP contribution is 2.65. The SMILES string of the molecule is CC(=O)c1ccc(NC(=O)c2cc(NC(=O)[C@@H]3[C@@H](c4cc(Cl)cc(Cl)c4)C3(Cl)Cl)ccc2Cl)c(F)c1. The highest BCUT2D eigenvalue weighted by atomic mass is 35.5. The number of amides is 2. The van der Waals surface area contributed by atoms with Gasteiger partial charge in [-0.1, -0.05) is 34.8 Å². The highest BCUT2D eigenvalue weighted by Gasteiger charge is 2.67. The molecule has 2 N–H and O–H groups in total. The van der Waals surface area contributed by atoms with E-state index < -0.39 is 33.8 Å². The zero-order chi connectivity index (χ0) is 26.4. The lowest BCUT2D eigenvalue weighted by molar-refractivity contribution is -0.117. The van der Waals surface area contributed by atoms with Crippen molar-refractivity contribution in [3.05, 3.63) is 92.2 Å². The quantitative estimate of drug-likeness (QED) is 0.228. The molecule has 0 spiro atoms. The summed E-state index contributed by atoms with van der Waals surface area (Å²) in [6.07, 6.45) is 0. The summed E-state index contributed by atoms with van der Waals surface area (Å²) in [4.78, 5) is 37.2. The Bertz CT molecular complexity index is 1390. The van der Waals surface area contributed by atoms with Crippen molar-refractivity contribution in [1.82, 2.24) is 0 Å². The van der Waals surface area contributed by atoms with Crippen LogP contribution in [0.4, 0.5) is 15.8 Å². The summed E-state index contributed by atoms with van der Waals surface area (Å²) in [6.45, 7) is 1.30. The molecule has 1 fully saturated rings. The van der Waals surface area contributed by atoms with Gasteiger partial charge in [0.15, 0.2) is 5.78 Å². The predicted molar refractivity (Wildman–Crippen MR) is 142 cm³/mol. The lowest BCUT2D eigenvalue weighted by Crippen LogP contribution is -2.18. The second kappa shape index (κ2) is 10.2. The number of Topliss-reactive ketones (excluding diaryl/α,β-unsaturated/α-hetero) is 1. The van der Waals surface area contributed by atoms with Gasteiger partial charge in [-0.05, 0) is 67.1 Å². The van der Waals surface area contributed by atoms with Gasteiger partial charge in [-0.15, -0.1) is 23.2 Å². The zero-order valence-corrected chi connectivity index (χ0v) is 22.1. The van der Waals surface area contributed by atoms with Crippen LogP contribution in [0.25, 0.3) is 0 Å². The van der Waals surface area contributed by atoms with Gasteiger partial charge in [0, 0.05) is 27.2 Å². The maximum atomic E-state index is 14.3. The van der Waals surface area contributed by atoms with Crippen molar-refractivity contribution >= 4 is 87.0 Å². The Kier molecular flexibility index (Phi) is 7.56. The maximum absolute atomic E-state index is 14.3. The molecule has 0 radical (unpaired) electrons. The average Bonchev–Trinajstić information content (AvgIpc) is 3.37. The molecule has 0 saturated heterocycles. The van der Waals surface area contributed by atoms with E-state index in [9.17, 15) is 18.8 Å². The summed E-state index contributed by atoms with van der Waals surface area (Å²) < 4.78 is 13.0. The Hall–Kier alpha value is -2.35. The molecule has 5 nitrogen and oxygen atoms in total. The number of carbonyl (C=O) groups is 3. The van der Waals surface area contributed by atoms with Crippen LogP contribution >= 0.6 is 58.0 Å². The molecule has 36 heavy (non-hydrogen) atoms. The number of halogens is 6. The third kappa shape index (κ3) is 5.48. The van der Waals surface area contributed by atoms with E-state index in [-0.39, 0.29) is 33.3 Å². The number of anilines is 2. The molecule has 3 aromatic rings. The fourth-order valence-electron chi connectivity index (χ4n) is 3.84. The third-order valence-corrected chi connectivity index (χ3v) is 7.39. The predicted octanol–water partition coefficient (Wildman–Crippen LogP) is 7.77. The molecule has 0 aromatic heterocycles. The third-order valence-electron chi connectivity index (χ3n) is 5.68. The van der Waals surface area contributed by atoms with Crippen molar-refractivity contribution in [2.24, 2.45) is 5.92 Å². The van der Waals surface area contributed by atoms with E-state index >= 15 is 0 Å². The normalized spacial score (nSPS) is 17.9.